The fourth-order valence-electron chi connectivity index (χ4n) is 4.25. The molecule has 2 aliphatic rings. The van der Waals surface area contributed by atoms with Gasteiger partial charge in [-0.25, -0.2) is 0 Å². The van der Waals surface area contributed by atoms with Gasteiger partial charge in [0.2, 0.25) is 0 Å². The van der Waals surface area contributed by atoms with Crippen molar-refractivity contribution in [2.75, 3.05) is 66.0 Å². The van der Waals surface area contributed by atoms with Crippen molar-refractivity contribution in [2.24, 2.45) is 4.99 Å². The van der Waals surface area contributed by atoms with Gasteiger partial charge in [-0.2, -0.15) is 0 Å². The van der Waals surface area contributed by atoms with Crippen LogP contribution in [-0.4, -0.2) is 98.7 Å². The molecular formula is C20H43IN6. The Morgan fingerprint density at radius 2 is 1.81 bits per heavy atom. The van der Waals surface area contributed by atoms with Crippen molar-refractivity contribution in [2.45, 2.75) is 58.5 Å². The Balaban J connectivity index is 0.00000364. The van der Waals surface area contributed by atoms with Crippen molar-refractivity contribution in [3.05, 3.63) is 0 Å². The minimum Gasteiger partial charge on any atom is -0.355 e. The largest absolute Gasteiger partial charge is 0.355 e. The molecule has 0 spiro atoms. The lowest BCUT2D eigenvalue weighted by molar-refractivity contribution is 0.107. The molecule has 2 heterocycles. The van der Waals surface area contributed by atoms with Crippen LogP contribution in [0.1, 0.15) is 46.5 Å². The van der Waals surface area contributed by atoms with Crippen LogP contribution in [0, 0.1) is 0 Å². The van der Waals surface area contributed by atoms with Gasteiger partial charge in [-0.1, -0.05) is 20.3 Å². The fraction of sp³-hybridized carbons (Fsp3) is 0.950. The molecule has 0 aromatic rings. The van der Waals surface area contributed by atoms with E-state index in [-0.39, 0.29) is 24.0 Å². The number of nitrogens with zero attached hydrogens (tertiary/aromatic N) is 4. The van der Waals surface area contributed by atoms with Crippen LogP contribution in [0.3, 0.4) is 0 Å². The van der Waals surface area contributed by atoms with Crippen LogP contribution in [0.25, 0.3) is 0 Å². The van der Waals surface area contributed by atoms with E-state index < -0.39 is 0 Å². The van der Waals surface area contributed by atoms with E-state index in [4.69, 9.17) is 0 Å². The van der Waals surface area contributed by atoms with Gasteiger partial charge in [0.25, 0.3) is 0 Å². The van der Waals surface area contributed by atoms with Crippen molar-refractivity contribution in [1.82, 2.24) is 25.3 Å². The lowest BCUT2D eigenvalue weighted by Crippen LogP contribution is -2.53. The smallest absolute Gasteiger partial charge is 0.191 e. The zero-order valence-electron chi connectivity index (χ0n) is 18.0. The van der Waals surface area contributed by atoms with Crippen LogP contribution in [0.5, 0.6) is 0 Å². The molecule has 2 saturated heterocycles. The maximum atomic E-state index is 4.40. The van der Waals surface area contributed by atoms with E-state index >= 15 is 0 Å². The van der Waals surface area contributed by atoms with Crippen LogP contribution in [-0.2, 0) is 0 Å². The summed E-state index contributed by atoms with van der Waals surface area (Å²) >= 11 is 0. The summed E-state index contributed by atoms with van der Waals surface area (Å²) in [5, 5.41) is 7.03. The Bertz CT molecular complexity index is 411. The number of piperazine rings is 1. The average molecular weight is 495 g/mol. The van der Waals surface area contributed by atoms with Gasteiger partial charge in [-0.3, -0.25) is 14.8 Å². The number of hydrogen-bond donors (Lipinski definition) is 2. The van der Waals surface area contributed by atoms with Gasteiger partial charge in [0, 0.05) is 64.9 Å². The maximum absolute atomic E-state index is 4.40. The van der Waals surface area contributed by atoms with E-state index in [0.717, 1.165) is 31.6 Å². The number of guanidine groups is 1. The molecule has 7 heteroatoms. The Kier molecular flexibility index (Phi) is 12.9. The van der Waals surface area contributed by atoms with Crippen LogP contribution >= 0.6 is 24.0 Å². The third-order valence-corrected chi connectivity index (χ3v) is 6.18. The van der Waals surface area contributed by atoms with E-state index in [1.165, 1.54) is 65.0 Å². The molecule has 2 atom stereocenters. The Morgan fingerprint density at radius 3 is 2.44 bits per heavy atom. The molecule has 0 aliphatic carbocycles. The first-order valence-electron chi connectivity index (χ1n) is 10.8. The fourth-order valence-corrected chi connectivity index (χ4v) is 4.25. The van der Waals surface area contributed by atoms with Gasteiger partial charge < -0.3 is 15.5 Å². The molecule has 0 amide bonds. The molecule has 0 aromatic heterocycles. The molecule has 2 N–H and O–H groups in total. The van der Waals surface area contributed by atoms with Crippen molar-refractivity contribution >= 4 is 29.9 Å². The van der Waals surface area contributed by atoms with Gasteiger partial charge in [-0.15, -0.1) is 24.0 Å². The zero-order valence-corrected chi connectivity index (χ0v) is 20.4. The first-order chi connectivity index (χ1) is 12.7. The third kappa shape index (κ3) is 8.41. The number of likely N-dealkylation sites (tertiary alicyclic amines) is 1. The summed E-state index contributed by atoms with van der Waals surface area (Å²) in [6, 6.07) is 1.32. The number of hydrogen-bond acceptors (Lipinski definition) is 4. The normalized spacial score (nSPS) is 24.3. The minimum atomic E-state index is 0. The Labute approximate surface area is 184 Å². The lowest BCUT2D eigenvalue weighted by atomic mass is 10.0. The van der Waals surface area contributed by atoms with Gasteiger partial charge >= 0.3 is 0 Å². The third-order valence-electron chi connectivity index (χ3n) is 6.18. The quantitative estimate of drug-likeness (QED) is 0.308. The van der Waals surface area contributed by atoms with Crippen LogP contribution in [0.15, 0.2) is 4.99 Å². The highest BCUT2D eigenvalue weighted by molar-refractivity contribution is 14.0. The summed E-state index contributed by atoms with van der Waals surface area (Å²) in [4.78, 5) is 12.2. The number of likely N-dealkylation sites (N-methyl/N-ethyl adjacent to an activating group) is 1. The van der Waals surface area contributed by atoms with Gasteiger partial charge in [0.05, 0.1) is 0 Å². The number of nitrogens with one attached hydrogen (secondary N) is 2. The summed E-state index contributed by atoms with van der Waals surface area (Å²) < 4.78 is 0. The average Bonchev–Trinajstić information content (AvgIpc) is 2.70. The highest BCUT2D eigenvalue weighted by Gasteiger charge is 2.21. The van der Waals surface area contributed by atoms with Crippen molar-refractivity contribution in [3.8, 4) is 0 Å². The molecule has 0 aromatic carbocycles. The molecule has 2 aliphatic heterocycles. The molecule has 160 valence electrons. The van der Waals surface area contributed by atoms with E-state index in [1.54, 1.807) is 0 Å². The van der Waals surface area contributed by atoms with Crippen LogP contribution in [0.2, 0.25) is 0 Å². The second-order valence-electron chi connectivity index (χ2n) is 7.79. The first kappa shape index (κ1) is 24.9. The van der Waals surface area contributed by atoms with E-state index in [9.17, 15) is 0 Å². The van der Waals surface area contributed by atoms with Gasteiger partial charge in [0.15, 0.2) is 5.96 Å². The van der Waals surface area contributed by atoms with Crippen LogP contribution < -0.4 is 10.6 Å². The zero-order chi connectivity index (χ0) is 18.8. The summed E-state index contributed by atoms with van der Waals surface area (Å²) in [6.07, 6.45) is 5.39. The molecule has 6 nitrogen and oxygen atoms in total. The topological polar surface area (TPSA) is 46.1 Å². The lowest BCUT2D eigenvalue weighted by Gasteiger charge is -2.37. The van der Waals surface area contributed by atoms with Crippen LogP contribution in [0.4, 0.5) is 0 Å². The highest BCUT2D eigenvalue weighted by atomic mass is 127. The highest BCUT2D eigenvalue weighted by Crippen LogP contribution is 2.18. The van der Waals surface area contributed by atoms with Gasteiger partial charge in [0.1, 0.15) is 0 Å². The summed E-state index contributed by atoms with van der Waals surface area (Å²) in [7, 11) is 1.87. The maximum Gasteiger partial charge on any atom is 0.191 e. The second kappa shape index (κ2) is 14.0. The Hall–Kier alpha value is -0.120. The minimum absolute atomic E-state index is 0. The van der Waals surface area contributed by atoms with E-state index in [2.05, 4.69) is 51.1 Å². The monoisotopic (exact) mass is 494 g/mol. The molecule has 2 fully saturated rings. The molecule has 27 heavy (non-hydrogen) atoms. The summed E-state index contributed by atoms with van der Waals surface area (Å²) in [6.45, 7) is 17.1. The summed E-state index contributed by atoms with van der Waals surface area (Å²) in [5.41, 5.74) is 0. The molecule has 2 rings (SSSR count). The van der Waals surface area contributed by atoms with Crippen molar-refractivity contribution in [3.63, 3.8) is 0 Å². The molecule has 0 saturated carbocycles. The molecule has 0 bridgehead atoms. The number of piperidine rings is 1. The number of rotatable bonds is 8. The second-order valence-corrected chi connectivity index (χ2v) is 7.79. The summed E-state index contributed by atoms with van der Waals surface area (Å²) in [5.74, 6) is 0.939. The standard InChI is InChI=1S/C20H42N6.HI/c1-5-19-9-7-8-11-26(19)12-10-22-20(21-4)23-17-18(3)25-15-13-24(6-2)14-16-25;/h18-19H,5-17H2,1-4H3,(H2,21,22,23);1H. The first-order valence-corrected chi connectivity index (χ1v) is 10.8. The number of aliphatic imine (C=N–C) groups is 1. The Morgan fingerprint density at radius 1 is 1.07 bits per heavy atom. The van der Waals surface area contributed by atoms with Crippen molar-refractivity contribution in [1.29, 1.82) is 0 Å². The predicted molar refractivity (Wildman–Crippen MR) is 127 cm³/mol. The molecular weight excluding hydrogens is 451 g/mol. The predicted octanol–water partition coefficient (Wildman–Crippen LogP) is 2.06. The van der Waals surface area contributed by atoms with E-state index in [0.29, 0.717) is 6.04 Å². The van der Waals surface area contributed by atoms with E-state index in [1.807, 2.05) is 7.05 Å². The number of halogens is 1. The van der Waals surface area contributed by atoms with Crippen molar-refractivity contribution < 1.29 is 0 Å². The SMILES string of the molecule is CCC1CCCCN1CCNC(=NC)NCC(C)N1CCN(CC)CC1.I. The molecule has 2 unspecified atom stereocenters. The molecule has 0 radical (unpaired) electrons. The van der Waals surface area contributed by atoms with Gasteiger partial charge in [-0.05, 0) is 39.3 Å².